The molecule has 0 aliphatic carbocycles. The van der Waals surface area contributed by atoms with Gasteiger partial charge in [-0.2, -0.15) is 0 Å². The van der Waals surface area contributed by atoms with E-state index in [1.807, 2.05) is 24.3 Å². The van der Waals surface area contributed by atoms with Crippen molar-refractivity contribution in [2.45, 2.75) is 13.8 Å². The number of anilines is 1. The molecule has 0 aromatic heterocycles. The highest BCUT2D eigenvalue weighted by Crippen LogP contribution is 2.19. The van der Waals surface area contributed by atoms with E-state index in [0.717, 1.165) is 0 Å². The van der Waals surface area contributed by atoms with Crippen LogP contribution in [0.25, 0.3) is 0 Å². The standard InChI is InChI=1S/C21H24N2O3S/c1-4-12-25-17-9-7-8-16(13-17)22-21(27)23-20(24)18-10-5-6-11-19(18)26-14-15(2)3/h4-11,13,15H,1,12,14H2,2-3H3,(H2,22,23,24,27). The quantitative estimate of drug-likeness (QED) is 0.521. The van der Waals surface area contributed by atoms with Crippen LogP contribution in [0.5, 0.6) is 11.5 Å². The zero-order valence-corrected chi connectivity index (χ0v) is 16.3. The first-order chi connectivity index (χ1) is 13.0. The molecule has 0 saturated carbocycles. The molecule has 2 aromatic rings. The summed E-state index contributed by atoms with van der Waals surface area (Å²) in [6.07, 6.45) is 1.67. The smallest absolute Gasteiger partial charge is 0.261 e. The van der Waals surface area contributed by atoms with Crippen molar-refractivity contribution in [1.82, 2.24) is 5.32 Å². The molecule has 1 amide bonds. The summed E-state index contributed by atoms with van der Waals surface area (Å²) in [6, 6.07) is 14.4. The Morgan fingerprint density at radius 3 is 2.70 bits per heavy atom. The number of hydrogen-bond donors (Lipinski definition) is 2. The molecular weight excluding hydrogens is 360 g/mol. The number of rotatable bonds is 8. The van der Waals surface area contributed by atoms with Gasteiger partial charge in [0.1, 0.15) is 18.1 Å². The largest absolute Gasteiger partial charge is 0.492 e. The second-order valence-electron chi connectivity index (χ2n) is 6.24. The highest BCUT2D eigenvalue weighted by atomic mass is 32.1. The van der Waals surface area contributed by atoms with E-state index in [-0.39, 0.29) is 11.0 Å². The molecule has 27 heavy (non-hydrogen) atoms. The van der Waals surface area contributed by atoms with Crippen LogP contribution in [0.1, 0.15) is 24.2 Å². The Balaban J connectivity index is 2.00. The fourth-order valence-electron chi connectivity index (χ4n) is 2.19. The maximum Gasteiger partial charge on any atom is 0.261 e. The van der Waals surface area contributed by atoms with Gasteiger partial charge in [0, 0.05) is 11.8 Å². The topological polar surface area (TPSA) is 59.6 Å². The molecule has 142 valence electrons. The van der Waals surface area contributed by atoms with Crippen LogP contribution in [-0.4, -0.2) is 24.2 Å². The lowest BCUT2D eigenvalue weighted by Gasteiger charge is -2.14. The van der Waals surface area contributed by atoms with Gasteiger partial charge in [0.15, 0.2) is 5.11 Å². The Morgan fingerprint density at radius 1 is 1.19 bits per heavy atom. The lowest BCUT2D eigenvalue weighted by molar-refractivity contribution is 0.0973. The van der Waals surface area contributed by atoms with Crippen LogP contribution in [0.3, 0.4) is 0 Å². The number of carbonyl (C=O) groups excluding carboxylic acids is 1. The van der Waals surface area contributed by atoms with Gasteiger partial charge in [0.05, 0.1) is 12.2 Å². The van der Waals surface area contributed by atoms with Gasteiger partial charge in [-0.15, -0.1) is 0 Å². The molecule has 2 rings (SSSR count). The van der Waals surface area contributed by atoms with Crippen LogP contribution >= 0.6 is 12.2 Å². The van der Waals surface area contributed by atoms with Crippen molar-refractivity contribution >= 4 is 28.9 Å². The normalized spacial score (nSPS) is 10.2. The summed E-state index contributed by atoms with van der Waals surface area (Å²) >= 11 is 5.25. The van der Waals surface area contributed by atoms with Crippen LogP contribution in [0, 0.1) is 5.92 Å². The molecule has 0 aliphatic rings. The Morgan fingerprint density at radius 2 is 1.96 bits per heavy atom. The van der Waals surface area contributed by atoms with E-state index in [2.05, 4.69) is 31.1 Å². The molecule has 6 heteroatoms. The molecule has 0 radical (unpaired) electrons. The average molecular weight is 385 g/mol. The van der Waals surface area contributed by atoms with Gasteiger partial charge in [-0.1, -0.05) is 44.7 Å². The number of carbonyl (C=O) groups is 1. The summed E-state index contributed by atoms with van der Waals surface area (Å²) in [5.41, 5.74) is 1.15. The summed E-state index contributed by atoms with van der Waals surface area (Å²) < 4.78 is 11.2. The molecule has 0 spiro atoms. The number of ether oxygens (including phenoxy) is 2. The van der Waals surface area contributed by atoms with Crippen molar-refractivity contribution < 1.29 is 14.3 Å². The number of para-hydroxylation sites is 1. The number of thiocarbonyl (C=S) groups is 1. The van der Waals surface area contributed by atoms with Crippen molar-refractivity contribution in [1.29, 1.82) is 0 Å². The third-order valence-corrected chi connectivity index (χ3v) is 3.59. The van der Waals surface area contributed by atoms with Gasteiger partial charge >= 0.3 is 0 Å². The first-order valence-electron chi connectivity index (χ1n) is 8.67. The lowest BCUT2D eigenvalue weighted by atomic mass is 10.2. The second kappa shape index (κ2) is 10.3. The minimum absolute atomic E-state index is 0.194. The van der Waals surface area contributed by atoms with E-state index in [4.69, 9.17) is 21.7 Å². The molecule has 5 nitrogen and oxygen atoms in total. The lowest BCUT2D eigenvalue weighted by Crippen LogP contribution is -2.34. The monoisotopic (exact) mass is 384 g/mol. The molecular formula is C21H24N2O3S. The van der Waals surface area contributed by atoms with E-state index in [9.17, 15) is 4.79 Å². The minimum atomic E-state index is -0.328. The van der Waals surface area contributed by atoms with E-state index < -0.39 is 0 Å². The van der Waals surface area contributed by atoms with Crippen molar-refractivity contribution in [3.8, 4) is 11.5 Å². The zero-order valence-electron chi connectivity index (χ0n) is 15.5. The molecule has 0 bridgehead atoms. The van der Waals surface area contributed by atoms with Crippen LogP contribution in [0.4, 0.5) is 5.69 Å². The maximum atomic E-state index is 12.6. The highest BCUT2D eigenvalue weighted by molar-refractivity contribution is 7.80. The average Bonchev–Trinajstić information content (AvgIpc) is 2.65. The van der Waals surface area contributed by atoms with Gasteiger partial charge in [-0.05, 0) is 42.4 Å². The van der Waals surface area contributed by atoms with Crippen molar-refractivity contribution in [2.24, 2.45) is 5.92 Å². The van der Waals surface area contributed by atoms with Crippen LogP contribution < -0.4 is 20.1 Å². The number of benzene rings is 2. The van der Waals surface area contributed by atoms with E-state index in [0.29, 0.717) is 41.9 Å². The Kier molecular flexibility index (Phi) is 7.82. The fraction of sp³-hybridized carbons (Fsp3) is 0.238. The van der Waals surface area contributed by atoms with Crippen molar-refractivity contribution in [3.63, 3.8) is 0 Å². The summed E-state index contributed by atoms with van der Waals surface area (Å²) in [6.45, 7) is 8.67. The minimum Gasteiger partial charge on any atom is -0.492 e. The number of nitrogens with one attached hydrogen (secondary N) is 2. The van der Waals surface area contributed by atoms with Gasteiger partial charge in [0.25, 0.3) is 5.91 Å². The van der Waals surface area contributed by atoms with E-state index in [1.165, 1.54) is 0 Å². The SMILES string of the molecule is C=CCOc1cccc(NC(=S)NC(=O)c2ccccc2OCC(C)C)c1. The van der Waals surface area contributed by atoms with Gasteiger partial charge in [0.2, 0.25) is 0 Å². The van der Waals surface area contributed by atoms with E-state index >= 15 is 0 Å². The van der Waals surface area contributed by atoms with Crippen molar-refractivity contribution in [3.05, 3.63) is 66.7 Å². The van der Waals surface area contributed by atoms with Crippen LogP contribution in [-0.2, 0) is 0 Å². The molecule has 0 fully saturated rings. The number of hydrogen-bond acceptors (Lipinski definition) is 4. The Bertz CT molecular complexity index is 806. The Labute approximate surface area is 165 Å². The molecule has 0 heterocycles. The summed E-state index contributed by atoms with van der Waals surface area (Å²) in [5.74, 6) is 1.25. The molecule has 0 atom stereocenters. The van der Waals surface area contributed by atoms with Crippen LogP contribution in [0.15, 0.2) is 61.2 Å². The molecule has 0 saturated heterocycles. The zero-order chi connectivity index (χ0) is 19.6. The van der Waals surface area contributed by atoms with E-state index in [1.54, 1.807) is 30.3 Å². The highest BCUT2D eigenvalue weighted by Gasteiger charge is 2.14. The fourth-order valence-corrected chi connectivity index (χ4v) is 2.40. The van der Waals surface area contributed by atoms with Crippen LogP contribution in [0.2, 0.25) is 0 Å². The van der Waals surface area contributed by atoms with Gasteiger partial charge < -0.3 is 14.8 Å². The first-order valence-corrected chi connectivity index (χ1v) is 9.08. The molecule has 2 aromatic carbocycles. The third-order valence-electron chi connectivity index (χ3n) is 3.39. The number of amides is 1. The molecule has 0 aliphatic heterocycles. The summed E-state index contributed by atoms with van der Waals surface area (Å²) in [4.78, 5) is 12.6. The van der Waals surface area contributed by atoms with Crippen molar-refractivity contribution in [2.75, 3.05) is 18.5 Å². The van der Waals surface area contributed by atoms with Gasteiger partial charge in [-0.25, -0.2) is 0 Å². The predicted molar refractivity (Wildman–Crippen MR) is 113 cm³/mol. The maximum absolute atomic E-state index is 12.6. The summed E-state index contributed by atoms with van der Waals surface area (Å²) in [7, 11) is 0. The molecule has 2 N–H and O–H groups in total. The Hall–Kier alpha value is -2.86. The predicted octanol–water partition coefficient (Wildman–Crippen LogP) is 4.41. The van der Waals surface area contributed by atoms with Gasteiger partial charge in [-0.3, -0.25) is 10.1 Å². The first kappa shape index (κ1) is 20.5. The molecule has 0 unspecified atom stereocenters. The third kappa shape index (κ3) is 6.75. The summed E-state index contributed by atoms with van der Waals surface area (Å²) in [5, 5.41) is 5.86. The second-order valence-corrected chi connectivity index (χ2v) is 6.65.